The van der Waals surface area contributed by atoms with Crippen molar-refractivity contribution in [3.8, 4) is 0 Å². The van der Waals surface area contributed by atoms with Gasteiger partial charge in [0.15, 0.2) is 11.6 Å². The first-order valence-electron chi connectivity index (χ1n) is 4.30. The number of oxazole rings is 1. The molecule has 0 radical (unpaired) electrons. The molecule has 0 amide bonds. The number of hydrogen-bond donors (Lipinski definition) is 1. The SMILES string of the molecule is COCC(C)Cc1nc(C(=O)O)co1. The Hall–Kier alpha value is -1.36. The topological polar surface area (TPSA) is 72.6 Å². The number of ether oxygens (including phenoxy) is 1. The van der Waals surface area contributed by atoms with E-state index in [9.17, 15) is 4.79 Å². The molecule has 0 saturated heterocycles. The number of aromatic carboxylic acids is 1. The lowest BCUT2D eigenvalue weighted by Crippen LogP contribution is -2.07. The van der Waals surface area contributed by atoms with Gasteiger partial charge in [-0.3, -0.25) is 0 Å². The molecular weight excluding hydrogens is 186 g/mol. The molecule has 1 N–H and O–H groups in total. The van der Waals surface area contributed by atoms with E-state index in [2.05, 4.69) is 4.98 Å². The fraction of sp³-hybridized carbons (Fsp3) is 0.556. The van der Waals surface area contributed by atoms with Gasteiger partial charge in [-0.15, -0.1) is 0 Å². The van der Waals surface area contributed by atoms with Crippen molar-refractivity contribution in [3.63, 3.8) is 0 Å². The molecule has 1 atom stereocenters. The highest BCUT2D eigenvalue weighted by atomic mass is 16.5. The summed E-state index contributed by atoms with van der Waals surface area (Å²) in [5, 5.41) is 8.59. The molecule has 0 aliphatic carbocycles. The third-order valence-electron chi connectivity index (χ3n) is 1.75. The predicted molar refractivity (Wildman–Crippen MR) is 48.2 cm³/mol. The lowest BCUT2D eigenvalue weighted by Gasteiger charge is -2.05. The highest BCUT2D eigenvalue weighted by Gasteiger charge is 2.12. The van der Waals surface area contributed by atoms with Crippen molar-refractivity contribution in [2.24, 2.45) is 5.92 Å². The Labute approximate surface area is 81.7 Å². The van der Waals surface area contributed by atoms with Crippen molar-refractivity contribution in [1.29, 1.82) is 0 Å². The summed E-state index contributed by atoms with van der Waals surface area (Å²) in [7, 11) is 1.62. The molecule has 0 bridgehead atoms. The van der Waals surface area contributed by atoms with Crippen LogP contribution < -0.4 is 0 Å². The van der Waals surface area contributed by atoms with Crippen molar-refractivity contribution >= 4 is 5.97 Å². The van der Waals surface area contributed by atoms with Crippen LogP contribution in [0.25, 0.3) is 0 Å². The van der Waals surface area contributed by atoms with E-state index < -0.39 is 5.97 Å². The number of methoxy groups -OCH3 is 1. The summed E-state index contributed by atoms with van der Waals surface area (Å²) in [6.07, 6.45) is 1.73. The molecule has 1 unspecified atom stereocenters. The van der Waals surface area contributed by atoms with E-state index in [0.29, 0.717) is 18.9 Å². The van der Waals surface area contributed by atoms with Crippen LogP contribution >= 0.6 is 0 Å². The molecule has 1 heterocycles. The monoisotopic (exact) mass is 199 g/mol. The fourth-order valence-corrected chi connectivity index (χ4v) is 1.14. The van der Waals surface area contributed by atoms with Gasteiger partial charge in [0.25, 0.3) is 0 Å². The molecule has 1 rings (SSSR count). The van der Waals surface area contributed by atoms with Gasteiger partial charge in [0.05, 0.1) is 0 Å². The van der Waals surface area contributed by atoms with Crippen LogP contribution in [0.4, 0.5) is 0 Å². The molecular formula is C9H13NO4. The largest absolute Gasteiger partial charge is 0.476 e. The highest BCUT2D eigenvalue weighted by Crippen LogP contribution is 2.08. The molecule has 0 saturated carbocycles. The van der Waals surface area contributed by atoms with E-state index in [-0.39, 0.29) is 11.6 Å². The minimum Gasteiger partial charge on any atom is -0.476 e. The van der Waals surface area contributed by atoms with Gasteiger partial charge in [0.1, 0.15) is 6.26 Å². The number of carboxylic acids is 1. The van der Waals surface area contributed by atoms with Crippen LogP contribution in [-0.2, 0) is 11.2 Å². The molecule has 0 aromatic carbocycles. The minimum absolute atomic E-state index is 0.0513. The quantitative estimate of drug-likeness (QED) is 0.771. The van der Waals surface area contributed by atoms with Crippen molar-refractivity contribution in [2.45, 2.75) is 13.3 Å². The summed E-state index contributed by atoms with van der Waals surface area (Å²) in [5.41, 5.74) is -0.0513. The van der Waals surface area contributed by atoms with Gasteiger partial charge in [0, 0.05) is 20.1 Å². The Kier molecular flexibility index (Phi) is 3.64. The fourth-order valence-electron chi connectivity index (χ4n) is 1.14. The van der Waals surface area contributed by atoms with E-state index in [1.54, 1.807) is 7.11 Å². The summed E-state index contributed by atoms with van der Waals surface area (Å²) in [6, 6.07) is 0. The zero-order valence-electron chi connectivity index (χ0n) is 8.19. The van der Waals surface area contributed by atoms with Gasteiger partial charge in [-0.05, 0) is 5.92 Å². The number of aromatic nitrogens is 1. The maximum Gasteiger partial charge on any atom is 0.357 e. The second kappa shape index (κ2) is 4.76. The number of nitrogens with zero attached hydrogens (tertiary/aromatic N) is 1. The van der Waals surface area contributed by atoms with Crippen LogP contribution in [0, 0.1) is 5.92 Å². The second-order valence-electron chi connectivity index (χ2n) is 3.20. The van der Waals surface area contributed by atoms with Crippen molar-refractivity contribution in [2.75, 3.05) is 13.7 Å². The Morgan fingerprint density at radius 2 is 2.50 bits per heavy atom. The lowest BCUT2D eigenvalue weighted by molar-refractivity contribution is 0.0690. The summed E-state index contributed by atoms with van der Waals surface area (Å²) in [6.45, 7) is 2.58. The van der Waals surface area contributed by atoms with Crippen LogP contribution in [0.2, 0.25) is 0 Å². The Balaban J connectivity index is 2.55. The Bertz CT molecular complexity index is 308. The van der Waals surface area contributed by atoms with Crippen molar-refractivity contribution in [3.05, 3.63) is 17.8 Å². The molecule has 1 aromatic heterocycles. The predicted octanol–water partition coefficient (Wildman–Crippen LogP) is 1.20. The highest BCUT2D eigenvalue weighted by molar-refractivity contribution is 5.84. The van der Waals surface area contributed by atoms with Crippen molar-refractivity contribution < 1.29 is 19.1 Å². The summed E-state index contributed by atoms with van der Waals surface area (Å²) < 4.78 is 9.94. The Morgan fingerprint density at radius 3 is 3.00 bits per heavy atom. The smallest absolute Gasteiger partial charge is 0.357 e. The number of hydrogen-bond acceptors (Lipinski definition) is 4. The second-order valence-corrected chi connectivity index (χ2v) is 3.20. The summed E-state index contributed by atoms with van der Waals surface area (Å²) in [4.78, 5) is 14.3. The lowest BCUT2D eigenvalue weighted by atomic mass is 10.1. The normalized spacial score (nSPS) is 12.7. The van der Waals surface area contributed by atoms with Crippen LogP contribution in [-0.4, -0.2) is 29.8 Å². The van der Waals surface area contributed by atoms with Crippen LogP contribution in [0.15, 0.2) is 10.7 Å². The average Bonchev–Trinajstić information content (AvgIpc) is 2.53. The van der Waals surface area contributed by atoms with Gasteiger partial charge in [-0.25, -0.2) is 9.78 Å². The molecule has 0 aliphatic rings. The standard InChI is InChI=1S/C9H13NO4/c1-6(4-13-2)3-8-10-7(5-14-8)9(11)12/h5-6H,3-4H2,1-2H3,(H,11,12). The van der Waals surface area contributed by atoms with E-state index >= 15 is 0 Å². The molecule has 78 valence electrons. The average molecular weight is 199 g/mol. The van der Waals surface area contributed by atoms with E-state index in [1.807, 2.05) is 6.92 Å². The molecule has 14 heavy (non-hydrogen) atoms. The first-order valence-corrected chi connectivity index (χ1v) is 4.30. The molecule has 0 spiro atoms. The molecule has 5 heteroatoms. The van der Waals surface area contributed by atoms with E-state index in [4.69, 9.17) is 14.3 Å². The molecule has 0 fully saturated rings. The van der Waals surface area contributed by atoms with E-state index in [0.717, 1.165) is 6.26 Å². The maximum atomic E-state index is 10.5. The van der Waals surface area contributed by atoms with Crippen LogP contribution in [0.3, 0.4) is 0 Å². The van der Waals surface area contributed by atoms with Gasteiger partial charge in [-0.2, -0.15) is 0 Å². The number of rotatable bonds is 5. The van der Waals surface area contributed by atoms with Crippen LogP contribution in [0.1, 0.15) is 23.3 Å². The molecule has 0 aliphatic heterocycles. The Morgan fingerprint density at radius 1 is 1.79 bits per heavy atom. The third-order valence-corrected chi connectivity index (χ3v) is 1.75. The van der Waals surface area contributed by atoms with E-state index in [1.165, 1.54) is 0 Å². The third kappa shape index (κ3) is 2.85. The molecule has 1 aromatic rings. The summed E-state index contributed by atoms with van der Waals surface area (Å²) >= 11 is 0. The summed E-state index contributed by atoms with van der Waals surface area (Å²) in [5.74, 6) is -0.369. The van der Waals surface area contributed by atoms with Gasteiger partial charge < -0.3 is 14.3 Å². The van der Waals surface area contributed by atoms with Crippen LogP contribution in [0.5, 0.6) is 0 Å². The molecule has 5 nitrogen and oxygen atoms in total. The number of carboxylic acid groups (broad SMARTS) is 1. The zero-order valence-corrected chi connectivity index (χ0v) is 8.19. The maximum absolute atomic E-state index is 10.5. The number of carbonyl (C=O) groups is 1. The van der Waals surface area contributed by atoms with Gasteiger partial charge >= 0.3 is 5.97 Å². The zero-order chi connectivity index (χ0) is 10.6. The first kappa shape index (κ1) is 10.7. The van der Waals surface area contributed by atoms with Gasteiger partial charge in [-0.1, -0.05) is 6.92 Å². The first-order chi connectivity index (χ1) is 6.63. The minimum atomic E-state index is -1.07. The van der Waals surface area contributed by atoms with Crippen molar-refractivity contribution in [1.82, 2.24) is 4.98 Å². The van der Waals surface area contributed by atoms with Gasteiger partial charge in [0.2, 0.25) is 0 Å².